The van der Waals surface area contributed by atoms with Crippen molar-refractivity contribution in [3.63, 3.8) is 0 Å². The van der Waals surface area contributed by atoms with Crippen LogP contribution in [0, 0.1) is 0 Å². The summed E-state index contributed by atoms with van der Waals surface area (Å²) in [5.41, 5.74) is 4.52. The molecule has 0 fully saturated rings. The first-order valence-electron chi connectivity index (χ1n) is 4.30. The van der Waals surface area contributed by atoms with Crippen molar-refractivity contribution >= 4 is 17.4 Å². The average Bonchev–Trinajstić information content (AvgIpc) is 2.19. The quantitative estimate of drug-likeness (QED) is 0.650. The molecular weight excluding hydrogens is 223 g/mol. The summed E-state index contributed by atoms with van der Waals surface area (Å²) in [6, 6.07) is 2.17. The number of carbonyl (C=O) groups excluding carboxylic acids is 1. The van der Waals surface area contributed by atoms with E-state index in [1.165, 1.54) is 7.05 Å². The molecule has 1 aromatic carbocycles. The third-order valence-electron chi connectivity index (χ3n) is 1.85. The van der Waals surface area contributed by atoms with Gasteiger partial charge >= 0.3 is 12.2 Å². The van der Waals surface area contributed by atoms with E-state index < -0.39 is 17.8 Å². The molecule has 1 aromatic rings. The highest BCUT2D eigenvalue weighted by Gasteiger charge is 2.30. The van der Waals surface area contributed by atoms with Crippen LogP contribution in [-0.4, -0.2) is 13.1 Å². The number of benzene rings is 1. The molecule has 0 aliphatic heterocycles. The zero-order chi connectivity index (χ0) is 12.3. The highest BCUT2D eigenvalue weighted by molar-refractivity contribution is 5.92. The van der Waals surface area contributed by atoms with Crippen LogP contribution >= 0.6 is 0 Å². The van der Waals surface area contributed by atoms with E-state index in [1.54, 1.807) is 0 Å². The summed E-state index contributed by atoms with van der Waals surface area (Å²) in [5, 5.41) is 4.55. The summed E-state index contributed by atoms with van der Waals surface area (Å²) in [6.07, 6.45) is -4.44. The second-order valence-electron chi connectivity index (χ2n) is 3.00. The molecule has 0 saturated heterocycles. The number of alkyl halides is 3. The molecule has 2 amide bonds. The van der Waals surface area contributed by atoms with Crippen molar-refractivity contribution in [3.05, 3.63) is 23.8 Å². The van der Waals surface area contributed by atoms with Crippen molar-refractivity contribution in [2.24, 2.45) is 0 Å². The Balaban J connectivity index is 2.96. The Bertz CT molecular complexity index is 403. The summed E-state index contributed by atoms with van der Waals surface area (Å²) in [6.45, 7) is 0. The highest BCUT2D eigenvalue weighted by Crippen LogP contribution is 2.32. The predicted octanol–water partition coefficient (Wildman–Crippen LogP) is 2.04. The fraction of sp³-hybridized carbons (Fsp3) is 0.222. The number of nitrogen functional groups attached to an aromatic ring is 1. The Morgan fingerprint density at radius 3 is 2.44 bits per heavy atom. The van der Waals surface area contributed by atoms with Crippen molar-refractivity contribution in [2.45, 2.75) is 6.18 Å². The first-order chi connectivity index (χ1) is 7.34. The van der Waals surface area contributed by atoms with E-state index in [1.807, 2.05) is 0 Å². The average molecular weight is 233 g/mol. The lowest BCUT2D eigenvalue weighted by Crippen LogP contribution is -2.25. The van der Waals surface area contributed by atoms with Crippen LogP contribution in [-0.2, 0) is 6.18 Å². The molecule has 16 heavy (non-hydrogen) atoms. The Morgan fingerprint density at radius 1 is 1.38 bits per heavy atom. The SMILES string of the molecule is CNC(=O)Nc1ccc(C(F)(F)F)cc1N. The Hall–Kier alpha value is -1.92. The van der Waals surface area contributed by atoms with Gasteiger partial charge in [-0.25, -0.2) is 4.79 Å². The minimum absolute atomic E-state index is 0.132. The van der Waals surface area contributed by atoms with Gasteiger partial charge in [-0.2, -0.15) is 13.2 Å². The lowest BCUT2D eigenvalue weighted by molar-refractivity contribution is -0.137. The van der Waals surface area contributed by atoms with Gasteiger partial charge in [-0.3, -0.25) is 0 Å². The first-order valence-corrected chi connectivity index (χ1v) is 4.30. The van der Waals surface area contributed by atoms with Crippen LogP contribution in [0.4, 0.5) is 29.3 Å². The van der Waals surface area contributed by atoms with Gasteiger partial charge in [-0.1, -0.05) is 0 Å². The van der Waals surface area contributed by atoms with Crippen molar-refractivity contribution in [2.75, 3.05) is 18.1 Å². The number of halogens is 3. The van der Waals surface area contributed by atoms with E-state index in [9.17, 15) is 18.0 Å². The van der Waals surface area contributed by atoms with Gasteiger partial charge in [0.1, 0.15) is 0 Å². The molecule has 0 aliphatic rings. The maximum atomic E-state index is 12.3. The second kappa shape index (κ2) is 4.30. The second-order valence-corrected chi connectivity index (χ2v) is 3.00. The van der Waals surface area contributed by atoms with Crippen LogP contribution in [0.15, 0.2) is 18.2 Å². The molecule has 4 nitrogen and oxygen atoms in total. The Morgan fingerprint density at radius 2 is 2.00 bits per heavy atom. The number of hydrogen-bond acceptors (Lipinski definition) is 2. The van der Waals surface area contributed by atoms with Crippen molar-refractivity contribution in [1.82, 2.24) is 5.32 Å². The van der Waals surface area contributed by atoms with E-state index in [2.05, 4.69) is 10.6 Å². The molecule has 0 aliphatic carbocycles. The van der Waals surface area contributed by atoms with Crippen molar-refractivity contribution < 1.29 is 18.0 Å². The minimum Gasteiger partial charge on any atom is -0.397 e. The molecule has 0 heterocycles. The zero-order valence-electron chi connectivity index (χ0n) is 8.35. The maximum absolute atomic E-state index is 12.3. The molecule has 0 aromatic heterocycles. The van der Waals surface area contributed by atoms with Crippen LogP contribution in [0.3, 0.4) is 0 Å². The molecule has 0 atom stereocenters. The number of urea groups is 1. The number of rotatable bonds is 1. The summed E-state index contributed by atoms with van der Waals surface area (Å²) in [5.74, 6) is 0. The number of nitrogens with two attached hydrogens (primary N) is 1. The normalized spacial score (nSPS) is 11.0. The molecule has 0 spiro atoms. The molecule has 88 valence electrons. The van der Waals surface area contributed by atoms with Gasteiger partial charge in [0.25, 0.3) is 0 Å². The Kier molecular flexibility index (Phi) is 3.26. The van der Waals surface area contributed by atoms with E-state index in [0.29, 0.717) is 0 Å². The Labute approximate surface area is 89.6 Å². The van der Waals surface area contributed by atoms with Gasteiger partial charge in [0.15, 0.2) is 0 Å². The summed E-state index contributed by atoms with van der Waals surface area (Å²) in [4.78, 5) is 10.9. The lowest BCUT2D eigenvalue weighted by atomic mass is 10.1. The molecule has 4 N–H and O–H groups in total. The molecule has 0 bridgehead atoms. The summed E-state index contributed by atoms with van der Waals surface area (Å²) in [7, 11) is 1.38. The van der Waals surface area contributed by atoms with Crippen LogP contribution < -0.4 is 16.4 Å². The van der Waals surface area contributed by atoms with Gasteiger partial charge in [0.05, 0.1) is 16.9 Å². The van der Waals surface area contributed by atoms with Crippen molar-refractivity contribution in [1.29, 1.82) is 0 Å². The van der Waals surface area contributed by atoms with Crippen LogP contribution in [0.2, 0.25) is 0 Å². The third-order valence-corrected chi connectivity index (χ3v) is 1.85. The van der Waals surface area contributed by atoms with Gasteiger partial charge in [0, 0.05) is 7.05 Å². The fourth-order valence-electron chi connectivity index (χ4n) is 1.04. The molecule has 0 saturated carbocycles. The van der Waals surface area contributed by atoms with E-state index in [0.717, 1.165) is 18.2 Å². The summed E-state index contributed by atoms with van der Waals surface area (Å²) < 4.78 is 36.8. The van der Waals surface area contributed by atoms with E-state index >= 15 is 0 Å². The number of carbonyl (C=O) groups is 1. The monoisotopic (exact) mass is 233 g/mol. The minimum atomic E-state index is -4.44. The highest BCUT2D eigenvalue weighted by atomic mass is 19.4. The number of hydrogen-bond donors (Lipinski definition) is 3. The van der Waals surface area contributed by atoms with Gasteiger partial charge < -0.3 is 16.4 Å². The molecular formula is C9H10F3N3O. The van der Waals surface area contributed by atoms with Crippen molar-refractivity contribution in [3.8, 4) is 0 Å². The number of anilines is 2. The van der Waals surface area contributed by atoms with Gasteiger partial charge in [0.2, 0.25) is 0 Å². The molecule has 7 heteroatoms. The summed E-state index contributed by atoms with van der Waals surface area (Å²) >= 11 is 0. The maximum Gasteiger partial charge on any atom is 0.416 e. The third kappa shape index (κ3) is 2.78. The number of amides is 2. The van der Waals surface area contributed by atoms with Gasteiger partial charge in [-0.05, 0) is 18.2 Å². The first kappa shape index (κ1) is 12.2. The topological polar surface area (TPSA) is 67.2 Å². The molecule has 1 rings (SSSR count). The van der Waals surface area contributed by atoms with Crippen LogP contribution in [0.5, 0.6) is 0 Å². The van der Waals surface area contributed by atoms with Crippen LogP contribution in [0.25, 0.3) is 0 Å². The van der Waals surface area contributed by atoms with Gasteiger partial charge in [-0.15, -0.1) is 0 Å². The zero-order valence-corrected chi connectivity index (χ0v) is 8.35. The largest absolute Gasteiger partial charge is 0.416 e. The smallest absolute Gasteiger partial charge is 0.397 e. The fourth-order valence-corrected chi connectivity index (χ4v) is 1.04. The van der Waals surface area contributed by atoms with E-state index in [4.69, 9.17) is 5.73 Å². The number of nitrogens with one attached hydrogen (secondary N) is 2. The lowest BCUT2D eigenvalue weighted by Gasteiger charge is -2.11. The van der Waals surface area contributed by atoms with E-state index in [-0.39, 0.29) is 11.4 Å². The molecule has 0 radical (unpaired) electrons. The predicted molar refractivity (Wildman–Crippen MR) is 53.9 cm³/mol. The molecule has 0 unspecified atom stereocenters. The standard InChI is InChI=1S/C9H10F3N3O/c1-14-8(16)15-7-3-2-5(4-6(7)13)9(10,11)12/h2-4H,13H2,1H3,(H2,14,15,16). The van der Waals surface area contributed by atoms with Crippen LogP contribution in [0.1, 0.15) is 5.56 Å².